The summed E-state index contributed by atoms with van der Waals surface area (Å²) in [5.41, 5.74) is 4.72. The molecule has 0 unspecified atom stereocenters. The van der Waals surface area contributed by atoms with E-state index in [0.29, 0.717) is 6.61 Å². The number of rotatable bonds is 5. The summed E-state index contributed by atoms with van der Waals surface area (Å²) in [5, 5.41) is 3.17. The zero-order valence-electron chi connectivity index (χ0n) is 11.7. The van der Waals surface area contributed by atoms with E-state index in [-0.39, 0.29) is 0 Å². The molecule has 0 fully saturated rings. The van der Waals surface area contributed by atoms with Crippen LogP contribution in [0.5, 0.6) is 5.75 Å². The largest absolute Gasteiger partial charge is 0.488 e. The Morgan fingerprint density at radius 1 is 1.16 bits per heavy atom. The summed E-state index contributed by atoms with van der Waals surface area (Å²) >= 11 is 0. The number of hydrogen-bond acceptors (Lipinski definition) is 3. The lowest BCUT2D eigenvalue weighted by molar-refractivity contribution is 0.301. The highest BCUT2D eigenvalue weighted by atomic mass is 16.5. The number of pyridine rings is 1. The zero-order valence-corrected chi connectivity index (χ0v) is 11.7. The summed E-state index contributed by atoms with van der Waals surface area (Å²) in [6, 6.07) is 8.28. The molecule has 2 aromatic rings. The summed E-state index contributed by atoms with van der Waals surface area (Å²) in [5.74, 6) is 0.976. The van der Waals surface area contributed by atoms with Crippen molar-refractivity contribution in [2.45, 2.75) is 27.0 Å². The van der Waals surface area contributed by atoms with E-state index in [1.807, 2.05) is 25.4 Å². The standard InChI is InChI=1S/C16H20N2O/c1-12-7-15(9-17-3)8-13(2)16(12)19-11-14-5-4-6-18-10-14/h4-8,10,17H,9,11H2,1-3H3. The van der Waals surface area contributed by atoms with Crippen LogP contribution in [-0.4, -0.2) is 12.0 Å². The molecule has 1 aromatic carbocycles. The maximum Gasteiger partial charge on any atom is 0.125 e. The van der Waals surface area contributed by atoms with Gasteiger partial charge in [0, 0.05) is 24.5 Å². The van der Waals surface area contributed by atoms with Crippen LogP contribution in [0, 0.1) is 13.8 Å². The highest BCUT2D eigenvalue weighted by molar-refractivity contribution is 5.43. The zero-order chi connectivity index (χ0) is 13.7. The normalized spacial score (nSPS) is 10.5. The van der Waals surface area contributed by atoms with Gasteiger partial charge in [-0.3, -0.25) is 4.98 Å². The molecular formula is C16H20N2O. The molecule has 1 heterocycles. The monoisotopic (exact) mass is 256 g/mol. The van der Waals surface area contributed by atoms with Crippen molar-refractivity contribution in [2.75, 3.05) is 7.05 Å². The molecule has 2 rings (SSSR count). The van der Waals surface area contributed by atoms with Crippen LogP contribution in [-0.2, 0) is 13.2 Å². The average molecular weight is 256 g/mol. The molecule has 0 saturated carbocycles. The molecular weight excluding hydrogens is 236 g/mol. The molecule has 0 saturated heterocycles. The van der Waals surface area contributed by atoms with Crippen molar-refractivity contribution < 1.29 is 4.74 Å². The van der Waals surface area contributed by atoms with E-state index in [9.17, 15) is 0 Å². The van der Waals surface area contributed by atoms with Gasteiger partial charge in [-0.15, -0.1) is 0 Å². The SMILES string of the molecule is CNCc1cc(C)c(OCc2cccnc2)c(C)c1. The van der Waals surface area contributed by atoms with Gasteiger partial charge in [0.15, 0.2) is 0 Å². The molecule has 0 aliphatic rings. The van der Waals surface area contributed by atoms with E-state index in [1.54, 1.807) is 6.20 Å². The van der Waals surface area contributed by atoms with Crippen LogP contribution in [0.1, 0.15) is 22.3 Å². The van der Waals surface area contributed by atoms with Gasteiger partial charge in [0.1, 0.15) is 12.4 Å². The number of ether oxygens (including phenoxy) is 1. The molecule has 0 spiro atoms. The Morgan fingerprint density at radius 2 is 1.89 bits per heavy atom. The minimum Gasteiger partial charge on any atom is -0.488 e. The number of aryl methyl sites for hydroxylation is 2. The molecule has 0 atom stereocenters. The van der Waals surface area contributed by atoms with E-state index in [0.717, 1.165) is 17.9 Å². The highest BCUT2D eigenvalue weighted by Crippen LogP contribution is 2.25. The van der Waals surface area contributed by atoms with Gasteiger partial charge >= 0.3 is 0 Å². The number of aromatic nitrogens is 1. The van der Waals surface area contributed by atoms with Crippen molar-refractivity contribution in [3.05, 3.63) is 58.9 Å². The molecule has 1 aromatic heterocycles. The highest BCUT2D eigenvalue weighted by Gasteiger charge is 2.06. The summed E-state index contributed by atoms with van der Waals surface area (Å²) in [4.78, 5) is 4.09. The summed E-state index contributed by atoms with van der Waals surface area (Å²) in [6.07, 6.45) is 3.60. The van der Waals surface area contributed by atoms with Gasteiger partial charge < -0.3 is 10.1 Å². The first-order valence-corrected chi connectivity index (χ1v) is 6.47. The molecule has 3 nitrogen and oxygen atoms in total. The molecule has 0 bridgehead atoms. The molecule has 0 amide bonds. The second-order valence-electron chi connectivity index (χ2n) is 4.74. The maximum atomic E-state index is 5.93. The Balaban J connectivity index is 2.12. The molecule has 19 heavy (non-hydrogen) atoms. The van der Waals surface area contributed by atoms with Crippen molar-refractivity contribution in [3.63, 3.8) is 0 Å². The second-order valence-corrected chi connectivity index (χ2v) is 4.74. The quantitative estimate of drug-likeness (QED) is 0.893. The van der Waals surface area contributed by atoms with Crippen LogP contribution in [0.4, 0.5) is 0 Å². The van der Waals surface area contributed by atoms with Gasteiger partial charge in [-0.2, -0.15) is 0 Å². The Hall–Kier alpha value is -1.87. The Kier molecular flexibility index (Phi) is 4.53. The van der Waals surface area contributed by atoms with E-state index in [2.05, 4.69) is 36.3 Å². The Morgan fingerprint density at radius 3 is 2.47 bits per heavy atom. The molecule has 1 N–H and O–H groups in total. The van der Waals surface area contributed by atoms with Crippen LogP contribution >= 0.6 is 0 Å². The summed E-state index contributed by atoms with van der Waals surface area (Å²) < 4.78 is 5.93. The van der Waals surface area contributed by atoms with Crippen molar-refractivity contribution in [1.29, 1.82) is 0 Å². The van der Waals surface area contributed by atoms with E-state index in [1.165, 1.54) is 16.7 Å². The van der Waals surface area contributed by atoms with Crippen LogP contribution in [0.2, 0.25) is 0 Å². The third-order valence-corrected chi connectivity index (χ3v) is 3.01. The third-order valence-electron chi connectivity index (χ3n) is 3.01. The lowest BCUT2D eigenvalue weighted by Crippen LogP contribution is -2.06. The van der Waals surface area contributed by atoms with Gasteiger partial charge in [0.05, 0.1) is 0 Å². The first-order valence-electron chi connectivity index (χ1n) is 6.47. The van der Waals surface area contributed by atoms with Crippen LogP contribution in [0.15, 0.2) is 36.7 Å². The summed E-state index contributed by atoms with van der Waals surface area (Å²) in [7, 11) is 1.96. The fraction of sp³-hybridized carbons (Fsp3) is 0.312. The molecule has 0 aliphatic carbocycles. The average Bonchev–Trinajstić information content (AvgIpc) is 2.39. The van der Waals surface area contributed by atoms with Gasteiger partial charge in [-0.1, -0.05) is 18.2 Å². The molecule has 100 valence electrons. The molecule has 3 heteroatoms. The smallest absolute Gasteiger partial charge is 0.125 e. The number of nitrogens with one attached hydrogen (secondary N) is 1. The topological polar surface area (TPSA) is 34.1 Å². The summed E-state index contributed by atoms with van der Waals surface area (Å²) in [6.45, 7) is 5.61. The predicted molar refractivity (Wildman–Crippen MR) is 77.2 cm³/mol. The molecule has 0 radical (unpaired) electrons. The second kappa shape index (κ2) is 6.34. The fourth-order valence-electron chi connectivity index (χ4n) is 2.21. The van der Waals surface area contributed by atoms with Crippen molar-refractivity contribution in [1.82, 2.24) is 10.3 Å². The number of hydrogen-bond donors (Lipinski definition) is 1. The van der Waals surface area contributed by atoms with Gasteiger partial charge in [-0.05, 0) is 43.7 Å². The van der Waals surface area contributed by atoms with Crippen LogP contribution in [0.25, 0.3) is 0 Å². The minimum atomic E-state index is 0.556. The lowest BCUT2D eigenvalue weighted by Gasteiger charge is -2.14. The molecule has 0 aliphatic heterocycles. The first-order chi connectivity index (χ1) is 9.20. The Labute approximate surface area is 114 Å². The van der Waals surface area contributed by atoms with Crippen LogP contribution in [0.3, 0.4) is 0 Å². The van der Waals surface area contributed by atoms with Gasteiger partial charge in [0.2, 0.25) is 0 Å². The maximum absolute atomic E-state index is 5.93. The number of benzene rings is 1. The minimum absolute atomic E-state index is 0.556. The van der Waals surface area contributed by atoms with Crippen molar-refractivity contribution >= 4 is 0 Å². The number of nitrogens with zero attached hydrogens (tertiary/aromatic N) is 1. The van der Waals surface area contributed by atoms with E-state index < -0.39 is 0 Å². The van der Waals surface area contributed by atoms with E-state index >= 15 is 0 Å². The van der Waals surface area contributed by atoms with Gasteiger partial charge in [-0.25, -0.2) is 0 Å². The fourth-order valence-corrected chi connectivity index (χ4v) is 2.21. The van der Waals surface area contributed by atoms with Crippen LogP contribution < -0.4 is 10.1 Å². The van der Waals surface area contributed by atoms with Crippen molar-refractivity contribution in [3.8, 4) is 5.75 Å². The third kappa shape index (κ3) is 3.55. The van der Waals surface area contributed by atoms with Crippen molar-refractivity contribution in [2.24, 2.45) is 0 Å². The van der Waals surface area contributed by atoms with E-state index in [4.69, 9.17) is 4.74 Å². The lowest BCUT2D eigenvalue weighted by atomic mass is 10.1. The first kappa shape index (κ1) is 13.6. The Bertz CT molecular complexity index is 515. The predicted octanol–water partition coefficient (Wildman–Crippen LogP) is 3.00. The van der Waals surface area contributed by atoms with Gasteiger partial charge in [0.25, 0.3) is 0 Å².